The Kier molecular flexibility index (Phi) is 3.62. The van der Waals surface area contributed by atoms with Crippen molar-refractivity contribution in [2.45, 2.75) is 13.0 Å². The molecule has 4 nitrogen and oxygen atoms in total. The molecule has 4 N–H and O–H groups in total. The van der Waals surface area contributed by atoms with Crippen LogP contribution in [0.4, 0.5) is 4.39 Å². The van der Waals surface area contributed by atoms with E-state index in [0.717, 1.165) is 0 Å². The number of hydrogen-bond donors (Lipinski definition) is 2. The molecule has 0 spiro atoms. The molecule has 1 amide bonds. The van der Waals surface area contributed by atoms with Gasteiger partial charge < -0.3 is 16.2 Å². The minimum atomic E-state index is -0.588. The first kappa shape index (κ1) is 11.5. The molecule has 82 valence electrons. The lowest BCUT2D eigenvalue weighted by Crippen LogP contribution is -2.21. The van der Waals surface area contributed by atoms with Crippen molar-refractivity contribution in [3.05, 3.63) is 29.6 Å². The number of carbonyl (C=O) groups is 1. The molecular formula is C10H13FN2O2. The monoisotopic (exact) mass is 212 g/mol. The van der Waals surface area contributed by atoms with Gasteiger partial charge in [-0.2, -0.15) is 0 Å². The zero-order valence-corrected chi connectivity index (χ0v) is 8.37. The smallest absolute Gasteiger partial charge is 0.255 e. The highest BCUT2D eigenvalue weighted by Gasteiger charge is 2.10. The Morgan fingerprint density at radius 1 is 1.60 bits per heavy atom. The highest BCUT2D eigenvalue weighted by molar-refractivity contribution is 5.75. The van der Waals surface area contributed by atoms with Crippen LogP contribution in [0.2, 0.25) is 0 Å². The van der Waals surface area contributed by atoms with E-state index in [1.165, 1.54) is 18.2 Å². The first-order valence-electron chi connectivity index (χ1n) is 4.47. The maximum absolute atomic E-state index is 12.9. The molecule has 15 heavy (non-hydrogen) atoms. The highest BCUT2D eigenvalue weighted by Crippen LogP contribution is 2.24. The van der Waals surface area contributed by atoms with E-state index in [0.29, 0.717) is 11.3 Å². The molecule has 0 aromatic heterocycles. The number of amides is 1. The van der Waals surface area contributed by atoms with E-state index in [2.05, 4.69) is 0 Å². The van der Waals surface area contributed by atoms with Gasteiger partial charge in [-0.1, -0.05) is 0 Å². The van der Waals surface area contributed by atoms with Gasteiger partial charge in [-0.25, -0.2) is 4.39 Å². The number of carbonyl (C=O) groups excluding carboxylic acids is 1. The van der Waals surface area contributed by atoms with E-state index in [1.54, 1.807) is 6.92 Å². The second kappa shape index (κ2) is 4.75. The van der Waals surface area contributed by atoms with Crippen LogP contribution in [-0.4, -0.2) is 12.5 Å². The van der Waals surface area contributed by atoms with Gasteiger partial charge in [0.15, 0.2) is 6.61 Å². The number of ether oxygens (including phenoxy) is 1. The third-order valence-corrected chi connectivity index (χ3v) is 1.83. The standard InChI is InChI=1S/C10H13FN2O2/c1-6(12)8-4-7(11)2-3-9(8)15-5-10(13)14/h2-4,6H,5,12H2,1H3,(H2,13,14). The van der Waals surface area contributed by atoms with Crippen LogP contribution in [-0.2, 0) is 4.79 Å². The van der Waals surface area contributed by atoms with E-state index in [9.17, 15) is 9.18 Å². The van der Waals surface area contributed by atoms with E-state index in [4.69, 9.17) is 16.2 Å². The molecule has 0 aliphatic carbocycles. The van der Waals surface area contributed by atoms with Crippen molar-refractivity contribution in [2.24, 2.45) is 11.5 Å². The lowest BCUT2D eigenvalue weighted by molar-refractivity contribution is -0.119. The van der Waals surface area contributed by atoms with Crippen LogP contribution in [0.5, 0.6) is 5.75 Å². The van der Waals surface area contributed by atoms with Crippen LogP contribution in [0.3, 0.4) is 0 Å². The van der Waals surface area contributed by atoms with E-state index in [1.807, 2.05) is 0 Å². The number of hydrogen-bond acceptors (Lipinski definition) is 3. The molecule has 5 heteroatoms. The van der Waals surface area contributed by atoms with Crippen molar-refractivity contribution in [1.82, 2.24) is 0 Å². The molecule has 1 aromatic rings. The summed E-state index contributed by atoms with van der Waals surface area (Å²) in [6, 6.07) is 3.57. The fourth-order valence-electron chi connectivity index (χ4n) is 1.16. The molecule has 0 bridgehead atoms. The molecule has 1 aromatic carbocycles. The van der Waals surface area contributed by atoms with Crippen molar-refractivity contribution < 1.29 is 13.9 Å². The van der Waals surface area contributed by atoms with Crippen molar-refractivity contribution >= 4 is 5.91 Å². The Morgan fingerprint density at radius 2 is 2.27 bits per heavy atom. The van der Waals surface area contributed by atoms with Crippen LogP contribution in [0.15, 0.2) is 18.2 Å². The largest absolute Gasteiger partial charge is 0.483 e. The minimum Gasteiger partial charge on any atom is -0.483 e. The van der Waals surface area contributed by atoms with Gasteiger partial charge in [0.1, 0.15) is 11.6 Å². The number of primary amides is 1. The quantitative estimate of drug-likeness (QED) is 0.771. The zero-order valence-electron chi connectivity index (χ0n) is 8.37. The summed E-state index contributed by atoms with van der Waals surface area (Å²) in [5.74, 6) is -0.603. The summed E-state index contributed by atoms with van der Waals surface area (Å²) in [7, 11) is 0. The average Bonchev–Trinajstić information content (AvgIpc) is 2.15. The molecule has 1 rings (SSSR count). The molecule has 1 unspecified atom stereocenters. The number of rotatable bonds is 4. The Labute approximate surface area is 87.0 Å². The summed E-state index contributed by atoms with van der Waals surface area (Å²) in [5.41, 5.74) is 11.1. The zero-order chi connectivity index (χ0) is 11.4. The number of nitrogens with two attached hydrogens (primary N) is 2. The van der Waals surface area contributed by atoms with Gasteiger partial charge in [0.05, 0.1) is 0 Å². The molecule has 0 radical (unpaired) electrons. The molecule has 0 aliphatic rings. The maximum atomic E-state index is 12.9. The molecule has 1 atom stereocenters. The van der Waals surface area contributed by atoms with Gasteiger partial charge in [-0.05, 0) is 25.1 Å². The summed E-state index contributed by atoms with van der Waals surface area (Å²) in [6.07, 6.45) is 0. The topological polar surface area (TPSA) is 78.3 Å². The normalized spacial score (nSPS) is 12.2. The Bertz CT molecular complexity index is 366. The molecular weight excluding hydrogens is 199 g/mol. The number of benzene rings is 1. The molecule has 0 heterocycles. The third-order valence-electron chi connectivity index (χ3n) is 1.83. The molecule has 0 saturated carbocycles. The third kappa shape index (κ3) is 3.21. The Hall–Kier alpha value is -1.62. The summed E-state index contributed by atoms with van der Waals surface area (Å²) in [6.45, 7) is 1.46. The van der Waals surface area contributed by atoms with E-state index >= 15 is 0 Å². The lowest BCUT2D eigenvalue weighted by Gasteiger charge is -2.12. The predicted octanol–water partition coefficient (Wildman–Crippen LogP) is 0.710. The van der Waals surface area contributed by atoms with Crippen molar-refractivity contribution in [1.29, 1.82) is 0 Å². The van der Waals surface area contributed by atoms with Crippen molar-refractivity contribution in [3.63, 3.8) is 0 Å². The second-order valence-corrected chi connectivity index (χ2v) is 3.23. The Balaban J connectivity index is 2.90. The number of halogens is 1. The first-order chi connectivity index (χ1) is 7.00. The van der Waals surface area contributed by atoms with Gasteiger partial charge in [-0.15, -0.1) is 0 Å². The fraction of sp³-hybridized carbons (Fsp3) is 0.300. The molecule has 0 fully saturated rings. The summed E-state index contributed by atoms with van der Waals surface area (Å²) in [5, 5.41) is 0. The van der Waals surface area contributed by atoms with Crippen LogP contribution in [0.1, 0.15) is 18.5 Å². The highest BCUT2D eigenvalue weighted by atomic mass is 19.1. The summed E-state index contributed by atoms with van der Waals surface area (Å²) >= 11 is 0. The predicted molar refractivity (Wildman–Crippen MR) is 53.7 cm³/mol. The maximum Gasteiger partial charge on any atom is 0.255 e. The van der Waals surface area contributed by atoms with Crippen LogP contribution in [0, 0.1) is 5.82 Å². The van der Waals surface area contributed by atoms with Crippen LogP contribution in [0.25, 0.3) is 0 Å². The van der Waals surface area contributed by atoms with Gasteiger partial charge in [0, 0.05) is 11.6 Å². The lowest BCUT2D eigenvalue weighted by atomic mass is 10.1. The van der Waals surface area contributed by atoms with Crippen LogP contribution >= 0.6 is 0 Å². The van der Waals surface area contributed by atoms with E-state index in [-0.39, 0.29) is 12.6 Å². The molecule has 0 saturated heterocycles. The van der Waals surface area contributed by atoms with Gasteiger partial charge >= 0.3 is 0 Å². The van der Waals surface area contributed by atoms with Crippen molar-refractivity contribution in [2.75, 3.05) is 6.61 Å². The summed E-state index contributed by atoms with van der Waals surface area (Å²) in [4.78, 5) is 10.5. The van der Waals surface area contributed by atoms with Gasteiger partial charge in [-0.3, -0.25) is 4.79 Å². The first-order valence-corrected chi connectivity index (χ1v) is 4.47. The minimum absolute atomic E-state index is 0.245. The summed E-state index contributed by atoms with van der Waals surface area (Å²) < 4.78 is 18.0. The Morgan fingerprint density at radius 3 is 2.80 bits per heavy atom. The van der Waals surface area contributed by atoms with Gasteiger partial charge in [0.25, 0.3) is 5.91 Å². The second-order valence-electron chi connectivity index (χ2n) is 3.23. The van der Waals surface area contributed by atoms with Crippen LogP contribution < -0.4 is 16.2 Å². The SMILES string of the molecule is CC(N)c1cc(F)ccc1OCC(N)=O. The average molecular weight is 212 g/mol. The fourth-order valence-corrected chi connectivity index (χ4v) is 1.16. The van der Waals surface area contributed by atoms with Crippen molar-refractivity contribution in [3.8, 4) is 5.75 Å². The van der Waals surface area contributed by atoms with E-state index < -0.39 is 11.7 Å². The molecule has 0 aliphatic heterocycles. The van der Waals surface area contributed by atoms with Gasteiger partial charge in [0.2, 0.25) is 0 Å².